The SMILES string of the molecule is Cc1ccc(C(C)(O)CNc2cnn(-c3ccccc3)c(=O)c2Cl)o1. The number of halogens is 1. The fraction of sp³-hybridized carbons (Fsp3) is 0.222. The predicted molar refractivity (Wildman–Crippen MR) is 96.3 cm³/mol. The zero-order valence-electron chi connectivity index (χ0n) is 13.9. The first-order valence-corrected chi connectivity index (χ1v) is 8.13. The number of nitrogens with one attached hydrogen (secondary N) is 1. The highest BCUT2D eigenvalue weighted by molar-refractivity contribution is 6.32. The van der Waals surface area contributed by atoms with Gasteiger partial charge in [-0.25, -0.2) is 0 Å². The molecule has 7 heteroatoms. The van der Waals surface area contributed by atoms with E-state index in [2.05, 4.69) is 10.4 Å². The van der Waals surface area contributed by atoms with Crippen LogP contribution in [0.3, 0.4) is 0 Å². The van der Waals surface area contributed by atoms with Crippen LogP contribution >= 0.6 is 11.6 Å². The Labute approximate surface area is 149 Å². The lowest BCUT2D eigenvalue weighted by molar-refractivity contribution is 0.0468. The first-order chi connectivity index (χ1) is 11.9. The minimum Gasteiger partial charge on any atom is -0.463 e. The first-order valence-electron chi connectivity index (χ1n) is 7.75. The number of para-hydroxylation sites is 1. The van der Waals surface area contributed by atoms with Crippen molar-refractivity contribution in [2.75, 3.05) is 11.9 Å². The molecule has 0 radical (unpaired) electrons. The Morgan fingerprint density at radius 1 is 1.28 bits per heavy atom. The molecule has 0 aliphatic rings. The minimum absolute atomic E-state index is 0.00489. The van der Waals surface area contributed by atoms with Crippen molar-refractivity contribution in [1.82, 2.24) is 9.78 Å². The van der Waals surface area contributed by atoms with Crippen LogP contribution in [0.15, 0.2) is 57.9 Å². The van der Waals surface area contributed by atoms with E-state index in [0.29, 0.717) is 22.9 Å². The van der Waals surface area contributed by atoms with Gasteiger partial charge in [0.2, 0.25) is 0 Å². The van der Waals surface area contributed by atoms with Crippen LogP contribution in [0.2, 0.25) is 5.02 Å². The summed E-state index contributed by atoms with van der Waals surface area (Å²) in [6, 6.07) is 12.5. The molecule has 0 saturated heterocycles. The van der Waals surface area contributed by atoms with E-state index in [0.717, 1.165) is 0 Å². The number of rotatable bonds is 5. The monoisotopic (exact) mass is 359 g/mol. The molecule has 130 valence electrons. The van der Waals surface area contributed by atoms with Crippen LogP contribution in [-0.2, 0) is 5.60 Å². The summed E-state index contributed by atoms with van der Waals surface area (Å²) in [5.74, 6) is 1.14. The molecule has 1 unspecified atom stereocenters. The summed E-state index contributed by atoms with van der Waals surface area (Å²) < 4.78 is 6.69. The number of furan rings is 1. The first kappa shape index (κ1) is 17.3. The highest BCUT2D eigenvalue weighted by Gasteiger charge is 2.27. The van der Waals surface area contributed by atoms with Crippen molar-refractivity contribution in [2.45, 2.75) is 19.4 Å². The second-order valence-corrected chi connectivity index (χ2v) is 6.34. The third-order valence-electron chi connectivity index (χ3n) is 3.81. The van der Waals surface area contributed by atoms with Crippen molar-refractivity contribution in [3.8, 4) is 5.69 Å². The van der Waals surface area contributed by atoms with Gasteiger partial charge in [0.1, 0.15) is 22.1 Å². The summed E-state index contributed by atoms with van der Waals surface area (Å²) in [7, 11) is 0. The van der Waals surface area contributed by atoms with Gasteiger partial charge >= 0.3 is 0 Å². The van der Waals surface area contributed by atoms with Crippen LogP contribution in [0.25, 0.3) is 5.69 Å². The maximum Gasteiger partial charge on any atom is 0.292 e. The molecule has 0 saturated carbocycles. The molecule has 1 aromatic carbocycles. The molecule has 2 heterocycles. The summed E-state index contributed by atoms with van der Waals surface area (Å²) in [6.07, 6.45) is 1.46. The van der Waals surface area contributed by atoms with Crippen LogP contribution in [0.1, 0.15) is 18.4 Å². The molecule has 3 rings (SSSR count). The van der Waals surface area contributed by atoms with Gasteiger partial charge in [0, 0.05) is 0 Å². The van der Waals surface area contributed by atoms with Crippen molar-refractivity contribution in [1.29, 1.82) is 0 Å². The van der Waals surface area contributed by atoms with E-state index in [9.17, 15) is 9.90 Å². The topological polar surface area (TPSA) is 80.3 Å². The third kappa shape index (κ3) is 3.60. The van der Waals surface area contributed by atoms with Gasteiger partial charge < -0.3 is 14.8 Å². The van der Waals surface area contributed by atoms with Gasteiger partial charge in [-0.3, -0.25) is 4.79 Å². The van der Waals surface area contributed by atoms with Gasteiger partial charge in [0.15, 0.2) is 0 Å². The highest BCUT2D eigenvalue weighted by Crippen LogP contribution is 2.25. The summed E-state index contributed by atoms with van der Waals surface area (Å²) in [5, 5.41) is 17.7. The molecular weight excluding hydrogens is 342 g/mol. The zero-order chi connectivity index (χ0) is 18.0. The molecular formula is C18H18ClN3O3. The smallest absolute Gasteiger partial charge is 0.292 e. The Morgan fingerprint density at radius 2 is 2.00 bits per heavy atom. The molecule has 0 fully saturated rings. The van der Waals surface area contributed by atoms with E-state index in [4.69, 9.17) is 16.0 Å². The molecule has 0 bridgehead atoms. The molecule has 2 aromatic heterocycles. The minimum atomic E-state index is -1.26. The molecule has 0 aliphatic heterocycles. The summed E-state index contributed by atoms with van der Waals surface area (Å²) in [5.41, 5.74) is -0.723. The Hall–Kier alpha value is -2.57. The molecule has 25 heavy (non-hydrogen) atoms. The van der Waals surface area contributed by atoms with E-state index in [1.807, 2.05) is 18.2 Å². The largest absolute Gasteiger partial charge is 0.463 e. The van der Waals surface area contributed by atoms with E-state index in [1.165, 1.54) is 10.9 Å². The maximum atomic E-state index is 12.4. The molecule has 1 atom stereocenters. The highest BCUT2D eigenvalue weighted by atomic mass is 35.5. The lowest BCUT2D eigenvalue weighted by atomic mass is 10.0. The van der Waals surface area contributed by atoms with Crippen LogP contribution in [0.4, 0.5) is 5.69 Å². The predicted octanol–water partition coefficient (Wildman–Crippen LogP) is 3.11. The number of aliphatic hydroxyl groups is 1. The maximum absolute atomic E-state index is 12.4. The number of hydrogen-bond donors (Lipinski definition) is 2. The van der Waals surface area contributed by atoms with Gasteiger partial charge in [-0.1, -0.05) is 29.8 Å². The van der Waals surface area contributed by atoms with Crippen molar-refractivity contribution in [3.05, 3.63) is 75.6 Å². The average Bonchev–Trinajstić information content (AvgIpc) is 3.04. The Kier molecular flexibility index (Phi) is 4.65. The lowest BCUT2D eigenvalue weighted by Crippen LogP contribution is -2.31. The molecule has 2 N–H and O–H groups in total. The van der Waals surface area contributed by atoms with Crippen LogP contribution in [-0.4, -0.2) is 21.4 Å². The quantitative estimate of drug-likeness (QED) is 0.731. The van der Waals surface area contributed by atoms with E-state index >= 15 is 0 Å². The van der Waals surface area contributed by atoms with Crippen molar-refractivity contribution < 1.29 is 9.52 Å². The lowest BCUT2D eigenvalue weighted by Gasteiger charge is -2.22. The number of benzene rings is 1. The molecule has 0 amide bonds. The van der Waals surface area contributed by atoms with E-state index < -0.39 is 11.2 Å². The second kappa shape index (κ2) is 6.74. The van der Waals surface area contributed by atoms with Crippen LogP contribution < -0.4 is 10.9 Å². The molecule has 0 aliphatic carbocycles. The van der Waals surface area contributed by atoms with Crippen molar-refractivity contribution in [2.24, 2.45) is 0 Å². The average molecular weight is 360 g/mol. The second-order valence-electron chi connectivity index (χ2n) is 5.96. The number of nitrogens with zero attached hydrogens (tertiary/aromatic N) is 2. The van der Waals surface area contributed by atoms with Gasteiger partial charge in [0.25, 0.3) is 5.56 Å². The van der Waals surface area contributed by atoms with Gasteiger partial charge in [0.05, 0.1) is 24.1 Å². The molecule has 0 spiro atoms. The van der Waals surface area contributed by atoms with Gasteiger partial charge in [-0.05, 0) is 38.1 Å². The number of aromatic nitrogens is 2. The van der Waals surface area contributed by atoms with E-state index in [-0.39, 0.29) is 11.6 Å². The van der Waals surface area contributed by atoms with Crippen molar-refractivity contribution in [3.63, 3.8) is 0 Å². The molecule has 3 aromatic rings. The van der Waals surface area contributed by atoms with E-state index in [1.54, 1.807) is 38.1 Å². The normalized spacial score (nSPS) is 13.4. The third-order valence-corrected chi connectivity index (χ3v) is 4.18. The van der Waals surface area contributed by atoms with Gasteiger partial charge in [-0.2, -0.15) is 9.78 Å². The Morgan fingerprint density at radius 3 is 2.64 bits per heavy atom. The number of hydrogen-bond acceptors (Lipinski definition) is 5. The summed E-state index contributed by atoms with van der Waals surface area (Å²) in [4.78, 5) is 12.4. The van der Waals surface area contributed by atoms with Gasteiger partial charge in [-0.15, -0.1) is 0 Å². The fourth-order valence-electron chi connectivity index (χ4n) is 2.39. The number of aryl methyl sites for hydroxylation is 1. The Bertz CT molecular complexity index is 932. The van der Waals surface area contributed by atoms with Crippen molar-refractivity contribution >= 4 is 17.3 Å². The summed E-state index contributed by atoms with van der Waals surface area (Å²) >= 11 is 6.19. The number of anilines is 1. The van der Waals surface area contributed by atoms with Crippen LogP contribution in [0.5, 0.6) is 0 Å². The fourth-order valence-corrected chi connectivity index (χ4v) is 2.58. The van der Waals surface area contributed by atoms with Crippen LogP contribution in [0, 0.1) is 6.92 Å². The Balaban J connectivity index is 1.82. The summed E-state index contributed by atoms with van der Waals surface area (Å²) in [6.45, 7) is 3.53. The standard InChI is InChI=1S/C18H18ClN3O3/c1-12-8-9-15(25-12)18(2,24)11-20-14-10-21-22(17(23)16(14)19)13-6-4-3-5-7-13/h3-10,20,24H,11H2,1-2H3. The molecule has 6 nitrogen and oxygen atoms in total. The zero-order valence-corrected chi connectivity index (χ0v) is 14.6.